The van der Waals surface area contributed by atoms with Crippen LogP contribution in [0.1, 0.15) is 18.1 Å². The van der Waals surface area contributed by atoms with Crippen molar-refractivity contribution >= 4 is 21.6 Å². The summed E-state index contributed by atoms with van der Waals surface area (Å²) < 4.78 is 1.03. The molecule has 0 amide bonds. The molecule has 0 bridgehead atoms. The average Bonchev–Trinajstić information content (AvgIpc) is 2.59. The molecule has 4 heteroatoms. The molecule has 2 heterocycles. The van der Waals surface area contributed by atoms with Crippen LogP contribution in [0.15, 0.2) is 47.2 Å². The zero-order chi connectivity index (χ0) is 13.9. The van der Waals surface area contributed by atoms with Crippen LogP contribution in [-0.4, -0.2) is 17.6 Å². The van der Waals surface area contributed by atoms with Crippen LogP contribution in [0.5, 0.6) is 0 Å². The number of halogens is 1. The van der Waals surface area contributed by atoms with E-state index in [2.05, 4.69) is 68.4 Å². The summed E-state index contributed by atoms with van der Waals surface area (Å²) in [5.41, 5.74) is 3.91. The van der Waals surface area contributed by atoms with Crippen LogP contribution in [0, 0.1) is 0 Å². The topological polar surface area (TPSA) is 28.2 Å². The zero-order valence-corrected chi connectivity index (χ0v) is 13.1. The van der Waals surface area contributed by atoms with Crippen molar-refractivity contribution in [1.29, 1.82) is 0 Å². The molecule has 1 aromatic heterocycles. The first-order chi connectivity index (χ1) is 9.72. The van der Waals surface area contributed by atoms with E-state index in [9.17, 15) is 0 Å². The molecule has 1 unspecified atom stereocenters. The minimum absolute atomic E-state index is 0.475. The van der Waals surface area contributed by atoms with Crippen molar-refractivity contribution in [2.75, 3.05) is 11.4 Å². The molecule has 0 radical (unpaired) electrons. The van der Waals surface area contributed by atoms with Crippen LogP contribution in [-0.2, 0) is 13.1 Å². The van der Waals surface area contributed by atoms with Crippen molar-refractivity contribution in [3.63, 3.8) is 0 Å². The predicted octanol–water partition coefficient (Wildman–Crippen LogP) is 3.34. The minimum atomic E-state index is 0.475. The molecular formula is C16H18BrN3. The van der Waals surface area contributed by atoms with Gasteiger partial charge in [0.2, 0.25) is 0 Å². The van der Waals surface area contributed by atoms with Gasteiger partial charge >= 0.3 is 0 Å². The fourth-order valence-electron chi connectivity index (χ4n) is 2.66. The molecule has 1 aliphatic rings. The molecule has 20 heavy (non-hydrogen) atoms. The third-order valence-electron chi connectivity index (χ3n) is 3.60. The summed E-state index contributed by atoms with van der Waals surface area (Å²) >= 11 is 3.49. The molecule has 104 valence electrons. The molecular weight excluding hydrogens is 314 g/mol. The second kappa shape index (κ2) is 5.94. The number of anilines is 1. The molecule has 1 aliphatic heterocycles. The summed E-state index contributed by atoms with van der Waals surface area (Å²) in [7, 11) is 0. The Morgan fingerprint density at radius 1 is 1.35 bits per heavy atom. The van der Waals surface area contributed by atoms with E-state index in [0.29, 0.717) is 6.04 Å². The lowest BCUT2D eigenvalue weighted by atomic mass is 10.1. The number of fused-ring (bicyclic) bond motifs is 1. The number of para-hydroxylation sites is 1. The van der Waals surface area contributed by atoms with Gasteiger partial charge in [0.05, 0.1) is 0 Å². The van der Waals surface area contributed by atoms with Crippen molar-refractivity contribution < 1.29 is 0 Å². The number of benzene rings is 1. The Bertz CT molecular complexity index is 600. The molecule has 0 saturated carbocycles. The molecule has 1 N–H and O–H groups in total. The van der Waals surface area contributed by atoms with Gasteiger partial charge in [-0.1, -0.05) is 18.2 Å². The van der Waals surface area contributed by atoms with Crippen molar-refractivity contribution in [1.82, 2.24) is 10.3 Å². The highest BCUT2D eigenvalue weighted by atomic mass is 79.9. The lowest BCUT2D eigenvalue weighted by molar-refractivity contribution is 0.552. The highest BCUT2D eigenvalue weighted by Gasteiger charge is 2.18. The van der Waals surface area contributed by atoms with E-state index in [0.717, 1.165) is 24.1 Å². The summed E-state index contributed by atoms with van der Waals surface area (Å²) in [6.07, 6.45) is 3.76. The number of nitrogens with zero attached hydrogens (tertiary/aromatic N) is 2. The lowest BCUT2D eigenvalue weighted by Gasteiger charge is -2.26. The smallest absolute Gasteiger partial charge is 0.0445 e. The first-order valence-electron chi connectivity index (χ1n) is 6.88. The molecule has 1 aromatic carbocycles. The number of rotatable bonds is 2. The van der Waals surface area contributed by atoms with Crippen LogP contribution in [0.3, 0.4) is 0 Å². The Balaban J connectivity index is 1.90. The highest BCUT2D eigenvalue weighted by Crippen LogP contribution is 2.25. The maximum atomic E-state index is 4.26. The first kappa shape index (κ1) is 13.6. The van der Waals surface area contributed by atoms with Gasteiger partial charge in [-0.15, -0.1) is 0 Å². The van der Waals surface area contributed by atoms with Gasteiger partial charge in [0, 0.05) is 48.2 Å². The van der Waals surface area contributed by atoms with E-state index in [4.69, 9.17) is 0 Å². The maximum absolute atomic E-state index is 4.26. The van der Waals surface area contributed by atoms with Crippen LogP contribution in [0.25, 0.3) is 0 Å². The molecule has 3 nitrogen and oxygen atoms in total. The fourth-order valence-corrected chi connectivity index (χ4v) is 3.07. The molecule has 2 aromatic rings. The second-order valence-electron chi connectivity index (χ2n) is 5.30. The minimum Gasteiger partial charge on any atom is -0.365 e. The van der Waals surface area contributed by atoms with Gasteiger partial charge < -0.3 is 10.2 Å². The van der Waals surface area contributed by atoms with Crippen molar-refractivity contribution in [3.05, 3.63) is 58.3 Å². The Labute approximate surface area is 128 Å². The SMILES string of the molecule is CC1CN(Cc2cncc(Br)c2)c2ccccc2CN1. The van der Waals surface area contributed by atoms with Gasteiger partial charge in [-0.2, -0.15) is 0 Å². The Morgan fingerprint density at radius 3 is 3.05 bits per heavy atom. The van der Waals surface area contributed by atoms with Gasteiger partial charge in [-0.3, -0.25) is 4.98 Å². The van der Waals surface area contributed by atoms with Gasteiger partial charge in [0.1, 0.15) is 0 Å². The van der Waals surface area contributed by atoms with Crippen LogP contribution in [0.2, 0.25) is 0 Å². The summed E-state index contributed by atoms with van der Waals surface area (Å²) in [6, 6.07) is 11.2. The molecule has 0 fully saturated rings. The van der Waals surface area contributed by atoms with E-state index in [1.165, 1.54) is 16.8 Å². The first-order valence-corrected chi connectivity index (χ1v) is 7.67. The van der Waals surface area contributed by atoms with Crippen molar-refractivity contribution in [2.45, 2.75) is 26.1 Å². The average molecular weight is 332 g/mol. The third kappa shape index (κ3) is 3.02. The number of nitrogens with one attached hydrogen (secondary N) is 1. The van der Waals surface area contributed by atoms with Crippen LogP contribution >= 0.6 is 15.9 Å². The Hall–Kier alpha value is -1.39. The third-order valence-corrected chi connectivity index (χ3v) is 4.04. The van der Waals surface area contributed by atoms with Crippen molar-refractivity contribution in [2.24, 2.45) is 0 Å². The normalized spacial score (nSPS) is 18.5. The number of hydrogen-bond donors (Lipinski definition) is 1. The second-order valence-corrected chi connectivity index (χ2v) is 6.22. The summed E-state index contributed by atoms with van der Waals surface area (Å²) in [4.78, 5) is 6.69. The Morgan fingerprint density at radius 2 is 2.20 bits per heavy atom. The van der Waals surface area contributed by atoms with E-state index < -0.39 is 0 Å². The molecule has 3 rings (SSSR count). The summed E-state index contributed by atoms with van der Waals surface area (Å²) in [5.74, 6) is 0. The van der Waals surface area contributed by atoms with E-state index in [-0.39, 0.29) is 0 Å². The quantitative estimate of drug-likeness (QED) is 0.914. The van der Waals surface area contributed by atoms with E-state index in [1.807, 2.05) is 12.4 Å². The molecule has 1 atom stereocenters. The van der Waals surface area contributed by atoms with Gasteiger partial charge in [-0.25, -0.2) is 0 Å². The van der Waals surface area contributed by atoms with Gasteiger partial charge in [-0.05, 0) is 46.1 Å². The highest BCUT2D eigenvalue weighted by molar-refractivity contribution is 9.10. The van der Waals surface area contributed by atoms with Crippen molar-refractivity contribution in [3.8, 4) is 0 Å². The van der Waals surface area contributed by atoms with E-state index >= 15 is 0 Å². The summed E-state index contributed by atoms with van der Waals surface area (Å²) in [5, 5.41) is 3.56. The molecule has 0 spiro atoms. The van der Waals surface area contributed by atoms with Gasteiger partial charge in [0.25, 0.3) is 0 Å². The number of hydrogen-bond acceptors (Lipinski definition) is 3. The number of pyridine rings is 1. The van der Waals surface area contributed by atoms with Crippen LogP contribution < -0.4 is 10.2 Å². The van der Waals surface area contributed by atoms with Gasteiger partial charge in [0.15, 0.2) is 0 Å². The zero-order valence-electron chi connectivity index (χ0n) is 11.5. The Kier molecular flexibility index (Phi) is 4.03. The fraction of sp³-hybridized carbons (Fsp3) is 0.312. The lowest BCUT2D eigenvalue weighted by Crippen LogP contribution is -2.35. The number of aromatic nitrogens is 1. The largest absolute Gasteiger partial charge is 0.365 e. The molecule has 0 saturated heterocycles. The van der Waals surface area contributed by atoms with Crippen LogP contribution in [0.4, 0.5) is 5.69 Å². The van der Waals surface area contributed by atoms with E-state index in [1.54, 1.807) is 0 Å². The predicted molar refractivity (Wildman–Crippen MR) is 85.7 cm³/mol. The monoisotopic (exact) mass is 331 g/mol. The maximum Gasteiger partial charge on any atom is 0.0445 e. The standard InChI is InChI=1S/C16H18BrN3/c1-12-10-20(11-13-6-15(17)9-18-7-13)16-5-3-2-4-14(16)8-19-12/h2-7,9,12,19H,8,10-11H2,1H3. The molecule has 0 aliphatic carbocycles. The summed E-state index contributed by atoms with van der Waals surface area (Å²) in [6.45, 7) is 5.06.